The highest BCUT2D eigenvalue weighted by Crippen LogP contribution is 2.21. The normalized spacial score (nSPS) is 16.4. The maximum Gasteiger partial charge on any atom is 0.251 e. The zero-order chi connectivity index (χ0) is 18.4. The van der Waals surface area contributed by atoms with Crippen LogP contribution in [0.25, 0.3) is 10.9 Å². The van der Waals surface area contributed by atoms with E-state index in [9.17, 15) is 9.90 Å². The summed E-state index contributed by atoms with van der Waals surface area (Å²) in [7, 11) is 0. The van der Waals surface area contributed by atoms with Crippen molar-refractivity contribution < 1.29 is 9.90 Å². The summed E-state index contributed by atoms with van der Waals surface area (Å²) in [4.78, 5) is 21.5. The van der Waals surface area contributed by atoms with Crippen molar-refractivity contribution in [2.75, 3.05) is 11.9 Å². The van der Waals surface area contributed by atoms with Gasteiger partial charge in [0.05, 0.1) is 18.2 Å². The van der Waals surface area contributed by atoms with Gasteiger partial charge in [-0.3, -0.25) is 4.79 Å². The molecule has 0 spiro atoms. The summed E-state index contributed by atoms with van der Waals surface area (Å²) >= 11 is 0. The molecule has 0 unspecified atom stereocenters. The van der Waals surface area contributed by atoms with E-state index in [1.165, 1.54) is 19.3 Å². The molecule has 1 aromatic heterocycles. The van der Waals surface area contributed by atoms with E-state index in [-0.39, 0.29) is 18.6 Å². The second kappa shape index (κ2) is 8.94. The fourth-order valence-electron chi connectivity index (χ4n) is 3.49. The first-order valence-corrected chi connectivity index (χ1v) is 9.64. The number of hydrogen-bond acceptors (Lipinski definition) is 5. The molecule has 3 N–H and O–H groups in total. The Kier molecular flexibility index (Phi) is 6.39. The van der Waals surface area contributed by atoms with E-state index in [0.717, 1.165) is 36.6 Å². The zero-order valence-electron chi connectivity index (χ0n) is 15.4. The van der Waals surface area contributed by atoms with Crippen LogP contribution in [0.1, 0.15) is 62.2 Å². The van der Waals surface area contributed by atoms with Gasteiger partial charge in [0, 0.05) is 23.2 Å². The molecule has 2 aromatic rings. The molecular formula is C20H28N4O2. The minimum atomic E-state index is -0.211. The average molecular weight is 356 g/mol. The SMILES string of the molecule is CCC[C@@H](CO)NC(=O)c1ccc2cnc(NC3CCCCC3)nc2c1. The molecule has 0 radical (unpaired) electrons. The smallest absolute Gasteiger partial charge is 0.251 e. The van der Waals surface area contributed by atoms with Gasteiger partial charge < -0.3 is 15.7 Å². The molecule has 3 rings (SSSR count). The molecule has 1 fully saturated rings. The minimum absolute atomic E-state index is 0.0508. The van der Waals surface area contributed by atoms with Gasteiger partial charge in [-0.1, -0.05) is 38.7 Å². The van der Waals surface area contributed by atoms with E-state index in [2.05, 4.69) is 20.6 Å². The Morgan fingerprint density at radius 3 is 2.85 bits per heavy atom. The predicted octanol–water partition coefficient (Wildman–Crippen LogP) is 3.27. The van der Waals surface area contributed by atoms with Gasteiger partial charge in [-0.15, -0.1) is 0 Å². The van der Waals surface area contributed by atoms with E-state index in [4.69, 9.17) is 0 Å². The third-order valence-corrected chi connectivity index (χ3v) is 4.98. The highest BCUT2D eigenvalue weighted by Gasteiger charge is 2.15. The second-order valence-electron chi connectivity index (χ2n) is 7.09. The Balaban J connectivity index is 1.74. The lowest BCUT2D eigenvalue weighted by molar-refractivity contribution is 0.0913. The van der Waals surface area contributed by atoms with Crippen molar-refractivity contribution in [3.63, 3.8) is 0 Å². The van der Waals surface area contributed by atoms with E-state index < -0.39 is 0 Å². The number of nitrogens with one attached hydrogen (secondary N) is 2. The lowest BCUT2D eigenvalue weighted by Crippen LogP contribution is -2.37. The van der Waals surface area contributed by atoms with Gasteiger partial charge >= 0.3 is 0 Å². The Labute approximate surface area is 154 Å². The van der Waals surface area contributed by atoms with Crippen LogP contribution in [-0.2, 0) is 0 Å². The number of hydrogen-bond donors (Lipinski definition) is 3. The first-order valence-electron chi connectivity index (χ1n) is 9.64. The number of benzene rings is 1. The molecule has 1 aliphatic carbocycles. The summed E-state index contributed by atoms with van der Waals surface area (Å²) < 4.78 is 0. The summed E-state index contributed by atoms with van der Waals surface area (Å²) in [6, 6.07) is 5.65. The van der Waals surface area contributed by atoms with Crippen molar-refractivity contribution in [3.8, 4) is 0 Å². The van der Waals surface area contributed by atoms with E-state index >= 15 is 0 Å². The Morgan fingerprint density at radius 2 is 2.12 bits per heavy atom. The molecule has 6 nitrogen and oxygen atoms in total. The Hall–Kier alpha value is -2.21. The summed E-state index contributed by atoms with van der Waals surface area (Å²) in [5.41, 5.74) is 1.30. The highest BCUT2D eigenvalue weighted by atomic mass is 16.3. The lowest BCUT2D eigenvalue weighted by atomic mass is 9.96. The van der Waals surface area contributed by atoms with Crippen LogP contribution < -0.4 is 10.6 Å². The number of aliphatic hydroxyl groups excluding tert-OH is 1. The molecule has 1 aromatic carbocycles. The van der Waals surface area contributed by atoms with Gasteiger partial charge in [-0.25, -0.2) is 9.97 Å². The largest absolute Gasteiger partial charge is 0.394 e. The van der Waals surface area contributed by atoms with Crippen LogP contribution in [0.5, 0.6) is 0 Å². The van der Waals surface area contributed by atoms with E-state index in [0.29, 0.717) is 17.6 Å². The predicted molar refractivity (Wildman–Crippen MR) is 103 cm³/mol. The van der Waals surface area contributed by atoms with Crippen molar-refractivity contribution >= 4 is 22.8 Å². The first kappa shape index (κ1) is 18.6. The molecule has 1 atom stereocenters. The maximum atomic E-state index is 12.5. The summed E-state index contributed by atoms with van der Waals surface area (Å²) in [5, 5.41) is 16.6. The van der Waals surface area contributed by atoms with Gasteiger partial charge in [0.15, 0.2) is 0 Å². The molecule has 0 bridgehead atoms. The van der Waals surface area contributed by atoms with Crippen LogP contribution in [0.3, 0.4) is 0 Å². The van der Waals surface area contributed by atoms with Gasteiger partial charge in [0.25, 0.3) is 5.91 Å². The summed E-state index contributed by atoms with van der Waals surface area (Å²) in [6.45, 7) is 1.98. The molecular weight excluding hydrogens is 328 g/mol. The molecule has 1 aliphatic rings. The van der Waals surface area contributed by atoms with Crippen molar-refractivity contribution in [3.05, 3.63) is 30.0 Å². The number of rotatable bonds is 7. The molecule has 6 heteroatoms. The number of anilines is 1. The topological polar surface area (TPSA) is 87.1 Å². The molecule has 1 amide bonds. The van der Waals surface area contributed by atoms with Crippen molar-refractivity contribution in [1.29, 1.82) is 0 Å². The monoisotopic (exact) mass is 356 g/mol. The zero-order valence-corrected chi connectivity index (χ0v) is 15.4. The number of aromatic nitrogens is 2. The van der Waals surface area contributed by atoms with Gasteiger partial charge in [-0.05, 0) is 31.4 Å². The first-order chi connectivity index (χ1) is 12.7. The maximum absolute atomic E-state index is 12.5. The number of carbonyl (C=O) groups excluding carboxylic acids is 1. The van der Waals surface area contributed by atoms with Crippen molar-refractivity contribution in [2.24, 2.45) is 0 Å². The van der Waals surface area contributed by atoms with Crippen LogP contribution in [0, 0.1) is 0 Å². The minimum Gasteiger partial charge on any atom is -0.394 e. The fraction of sp³-hybridized carbons (Fsp3) is 0.550. The third kappa shape index (κ3) is 4.69. The molecule has 1 heterocycles. The Morgan fingerprint density at radius 1 is 1.31 bits per heavy atom. The van der Waals surface area contributed by atoms with Crippen LogP contribution in [-0.4, -0.2) is 39.7 Å². The van der Waals surface area contributed by atoms with Crippen LogP contribution >= 0.6 is 0 Å². The summed E-state index contributed by atoms with van der Waals surface area (Å²) in [5.74, 6) is 0.445. The Bertz CT molecular complexity index is 744. The number of carbonyl (C=O) groups is 1. The van der Waals surface area contributed by atoms with Gasteiger partial charge in [-0.2, -0.15) is 0 Å². The number of nitrogens with zero attached hydrogens (tertiary/aromatic N) is 2. The highest BCUT2D eigenvalue weighted by molar-refractivity contribution is 5.97. The molecule has 1 saturated carbocycles. The third-order valence-electron chi connectivity index (χ3n) is 4.98. The van der Waals surface area contributed by atoms with E-state index in [1.807, 2.05) is 13.0 Å². The molecule has 0 aliphatic heterocycles. The van der Waals surface area contributed by atoms with Gasteiger partial charge in [0.1, 0.15) is 0 Å². The summed E-state index contributed by atoms with van der Waals surface area (Å²) in [6.07, 6.45) is 9.58. The number of fused-ring (bicyclic) bond motifs is 1. The van der Waals surface area contributed by atoms with Crippen LogP contribution in [0.4, 0.5) is 5.95 Å². The van der Waals surface area contributed by atoms with Crippen LogP contribution in [0.15, 0.2) is 24.4 Å². The van der Waals surface area contributed by atoms with Gasteiger partial charge in [0.2, 0.25) is 5.95 Å². The molecule has 0 saturated heterocycles. The van der Waals surface area contributed by atoms with E-state index in [1.54, 1.807) is 18.3 Å². The quantitative estimate of drug-likeness (QED) is 0.709. The second-order valence-corrected chi connectivity index (χ2v) is 7.09. The van der Waals surface area contributed by atoms with Crippen molar-refractivity contribution in [1.82, 2.24) is 15.3 Å². The van der Waals surface area contributed by atoms with Crippen LogP contribution in [0.2, 0.25) is 0 Å². The fourth-order valence-corrected chi connectivity index (χ4v) is 3.49. The standard InChI is InChI=1S/C20H28N4O2/c1-2-6-17(13-25)22-19(26)14-9-10-15-12-21-20(24-18(15)11-14)23-16-7-4-3-5-8-16/h9-12,16-17,25H,2-8,13H2,1H3,(H,22,26)(H,21,23,24)/t17-/m0/s1. The number of aliphatic hydroxyl groups is 1. The molecule has 140 valence electrons. The lowest BCUT2D eigenvalue weighted by Gasteiger charge is -2.22. The molecule has 26 heavy (non-hydrogen) atoms. The average Bonchev–Trinajstić information content (AvgIpc) is 2.67. The number of amides is 1. The van der Waals surface area contributed by atoms with Crippen molar-refractivity contribution in [2.45, 2.75) is 64.0 Å².